The number of nitrogens with zero attached hydrogens (tertiary/aromatic N) is 1. The highest BCUT2D eigenvalue weighted by molar-refractivity contribution is 5.69. The van der Waals surface area contributed by atoms with Gasteiger partial charge in [-0.3, -0.25) is 0 Å². The van der Waals surface area contributed by atoms with E-state index >= 15 is 0 Å². The van der Waals surface area contributed by atoms with Crippen molar-refractivity contribution >= 4 is 5.82 Å². The first-order chi connectivity index (χ1) is 7.18. The van der Waals surface area contributed by atoms with E-state index in [0.29, 0.717) is 11.7 Å². The fraction of sp³-hybridized carbons (Fsp3) is 0.250. The molecule has 0 radical (unpaired) electrons. The average Bonchev–Trinajstić information content (AvgIpc) is 2.65. The SMILES string of the molecule is CC(C)c1ccc(-c2[nH]cnc2N)cc1. The molecule has 0 bridgehead atoms. The second kappa shape index (κ2) is 3.77. The van der Waals surface area contributed by atoms with Crippen LogP contribution < -0.4 is 5.73 Å². The first kappa shape index (κ1) is 9.77. The Morgan fingerprint density at radius 1 is 1.20 bits per heavy atom. The van der Waals surface area contributed by atoms with Gasteiger partial charge in [-0.2, -0.15) is 0 Å². The van der Waals surface area contributed by atoms with Crippen LogP contribution in [0.4, 0.5) is 5.82 Å². The van der Waals surface area contributed by atoms with Crippen molar-refractivity contribution < 1.29 is 0 Å². The Morgan fingerprint density at radius 2 is 1.87 bits per heavy atom. The summed E-state index contributed by atoms with van der Waals surface area (Å²) in [5.41, 5.74) is 9.03. The monoisotopic (exact) mass is 201 g/mol. The van der Waals surface area contributed by atoms with Crippen molar-refractivity contribution in [2.45, 2.75) is 19.8 Å². The highest BCUT2D eigenvalue weighted by Crippen LogP contribution is 2.24. The molecule has 1 aromatic heterocycles. The molecule has 15 heavy (non-hydrogen) atoms. The summed E-state index contributed by atoms with van der Waals surface area (Å²) in [6, 6.07) is 8.39. The minimum absolute atomic E-state index is 0.548. The normalized spacial score (nSPS) is 10.9. The largest absolute Gasteiger partial charge is 0.382 e. The van der Waals surface area contributed by atoms with Crippen LogP contribution in [0.2, 0.25) is 0 Å². The number of hydrogen-bond donors (Lipinski definition) is 2. The minimum Gasteiger partial charge on any atom is -0.382 e. The van der Waals surface area contributed by atoms with Gasteiger partial charge in [0.15, 0.2) is 0 Å². The Labute approximate surface area is 89.4 Å². The van der Waals surface area contributed by atoms with Crippen molar-refractivity contribution in [2.75, 3.05) is 5.73 Å². The molecule has 0 aliphatic carbocycles. The number of H-pyrrole nitrogens is 1. The van der Waals surface area contributed by atoms with Gasteiger partial charge in [-0.25, -0.2) is 4.98 Å². The van der Waals surface area contributed by atoms with Gasteiger partial charge in [-0.15, -0.1) is 0 Å². The van der Waals surface area contributed by atoms with Crippen LogP contribution in [0.5, 0.6) is 0 Å². The third-order valence-electron chi connectivity index (χ3n) is 2.53. The summed E-state index contributed by atoms with van der Waals surface area (Å²) in [7, 11) is 0. The van der Waals surface area contributed by atoms with Crippen LogP contribution in [0.1, 0.15) is 25.3 Å². The van der Waals surface area contributed by atoms with E-state index in [-0.39, 0.29) is 0 Å². The Hall–Kier alpha value is -1.77. The fourth-order valence-electron chi connectivity index (χ4n) is 1.57. The van der Waals surface area contributed by atoms with Crippen LogP contribution in [0, 0.1) is 0 Å². The lowest BCUT2D eigenvalue weighted by Gasteiger charge is -2.06. The standard InChI is InChI=1S/C12H15N3/c1-8(2)9-3-5-10(6-4-9)11-12(13)15-7-14-11/h3-8H,13H2,1-2H3,(H,14,15). The maximum atomic E-state index is 5.73. The lowest BCUT2D eigenvalue weighted by molar-refractivity contribution is 0.867. The number of aromatic amines is 1. The van der Waals surface area contributed by atoms with E-state index in [2.05, 4.69) is 48.1 Å². The molecule has 3 N–H and O–H groups in total. The molecule has 3 heteroatoms. The summed E-state index contributed by atoms with van der Waals surface area (Å²) in [4.78, 5) is 7.01. The molecule has 3 nitrogen and oxygen atoms in total. The second-order valence-corrected chi connectivity index (χ2v) is 3.94. The summed E-state index contributed by atoms with van der Waals surface area (Å²) in [6.45, 7) is 4.36. The van der Waals surface area contributed by atoms with Gasteiger partial charge in [0.2, 0.25) is 0 Å². The predicted octanol–water partition coefficient (Wildman–Crippen LogP) is 2.78. The predicted molar refractivity (Wildman–Crippen MR) is 62.5 cm³/mol. The molecule has 0 unspecified atom stereocenters. The summed E-state index contributed by atoms with van der Waals surface area (Å²) < 4.78 is 0. The number of nitrogen functional groups attached to an aromatic ring is 1. The Kier molecular flexibility index (Phi) is 2.46. The molecule has 0 spiro atoms. The molecule has 1 heterocycles. The number of anilines is 1. The zero-order valence-corrected chi connectivity index (χ0v) is 8.99. The number of aromatic nitrogens is 2. The summed E-state index contributed by atoms with van der Waals surface area (Å²) in [5, 5.41) is 0. The molecule has 0 fully saturated rings. The van der Waals surface area contributed by atoms with Crippen LogP contribution in [0.25, 0.3) is 11.3 Å². The number of rotatable bonds is 2. The maximum Gasteiger partial charge on any atom is 0.149 e. The lowest BCUT2D eigenvalue weighted by Crippen LogP contribution is -1.90. The molecular weight excluding hydrogens is 186 g/mol. The van der Waals surface area contributed by atoms with Crippen molar-refractivity contribution in [3.63, 3.8) is 0 Å². The summed E-state index contributed by atoms with van der Waals surface area (Å²) >= 11 is 0. The number of hydrogen-bond acceptors (Lipinski definition) is 2. The van der Waals surface area contributed by atoms with Crippen molar-refractivity contribution in [3.05, 3.63) is 36.2 Å². The van der Waals surface area contributed by atoms with Gasteiger partial charge in [-0.05, 0) is 11.5 Å². The summed E-state index contributed by atoms with van der Waals surface area (Å²) in [6.07, 6.45) is 1.61. The maximum absolute atomic E-state index is 5.73. The van der Waals surface area contributed by atoms with Crippen molar-refractivity contribution in [1.29, 1.82) is 0 Å². The Bertz CT molecular complexity index is 440. The van der Waals surface area contributed by atoms with Crippen LogP contribution in [-0.4, -0.2) is 9.97 Å². The lowest BCUT2D eigenvalue weighted by atomic mass is 10.0. The zero-order chi connectivity index (χ0) is 10.8. The second-order valence-electron chi connectivity index (χ2n) is 3.94. The molecule has 2 rings (SSSR count). The van der Waals surface area contributed by atoms with Crippen LogP contribution >= 0.6 is 0 Å². The van der Waals surface area contributed by atoms with Crippen LogP contribution in [0.3, 0.4) is 0 Å². The molecule has 0 saturated carbocycles. The number of imidazole rings is 1. The smallest absolute Gasteiger partial charge is 0.149 e. The van der Waals surface area contributed by atoms with E-state index in [1.54, 1.807) is 6.33 Å². The first-order valence-corrected chi connectivity index (χ1v) is 5.07. The van der Waals surface area contributed by atoms with Crippen LogP contribution in [-0.2, 0) is 0 Å². The van der Waals surface area contributed by atoms with Gasteiger partial charge >= 0.3 is 0 Å². The number of benzene rings is 1. The third kappa shape index (κ3) is 1.86. The van der Waals surface area contributed by atoms with Gasteiger partial charge in [0.05, 0.1) is 12.0 Å². The quantitative estimate of drug-likeness (QED) is 0.785. The van der Waals surface area contributed by atoms with E-state index in [0.717, 1.165) is 11.3 Å². The van der Waals surface area contributed by atoms with E-state index in [1.165, 1.54) is 5.56 Å². The van der Waals surface area contributed by atoms with E-state index in [4.69, 9.17) is 5.73 Å². The van der Waals surface area contributed by atoms with E-state index in [9.17, 15) is 0 Å². The molecular formula is C12H15N3. The van der Waals surface area contributed by atoms with Gasteiger partial charge < -0.3 is 10.7 Å². The third-order valence-corrected chi connectivity index (χ3v) is 2.53. The molecule has 0 aliphatic heterocycles. The fourth-order valence-corrected chi connectivity index (χ4v) is 1.57. The molecule has 78 valence electrons. The Morgan fingerprint density at radius 3 is 2.33 bits per heavy atom. The average molecular weight is 201 g/mol. The van der Waals surface area contributed by atoms with Crippen molar-refractivity contribution in [3.8, 4) is 11.3 Å². The highest BCUT2D eigenvalue weighted by atomic mass is 15.0. The molecule has 0 amide bonds. The number of nitrogens with one attached hydrogen (secondary N) is 1. The number of nitrogens with two attached hydrogens (primary N) is 1. The topological polar surface area (TPSA) is 54.7 Å². The Balaban J connectivity index is 2.36. The molecule has 0 atom stereocenters. The zero-order valence-electron chi connectivity index (χ0n) is 8.99. The van der Waals surface area contributed by atoms with Gasteiger partial charge in [0, 0.05) is 5.56 Å². The van der Waals surface area contributed by atoms with E-state index < -0.39 is 0 Å². The van der Waals surface area contributed by atoms with Crippen molar-refractivity contribution in [1.82, 2.24) is 9.97 Å². The van der Waals surface area contributed by atoms with Crippen LogP contribution in [0.15, 0.2) is 30.6 Å². The molecule has 0 saturated heterocycles. The van der Waals surface area contributed by atoms with Gasteiger partial charge in [0.25, 0.3) is 0 Å². The summed E-state index contributed by atoms with van der Waals surface area (Å²) in [5.74, 6) is 1.10. The van der Waals surface area contributed by atoms with E-state index in [1.807, 2.05) is 0 Å². The highest BCUT2D eigenvalue weighted by Gasteiger charge is 2.05. The van der Waals surface area contributed by atoms with Crippen molar-refractivity contribution in [2.24, 2.45) is 0 Å². The van der Waals surface area contributed by atoms with Gasteiger partial charge in [-0.1, -0.05) is 38.1 Å². The minimum atomic E-state index is 0.548. The molecule has 2 aromatic rings. The molecule has 0 aliphatic rings. The molecule has 1 aromatic carbocycles. The van der Waals surface area contributed by atoms with Gasteiger partial charge in [0.1, 0.15) is 5.82 Å². The first-order valence-electron chi connectivity index (χ1n) is 5.07.